The fourth-order valence-electron chi connectivity index (χ4n) is 2.53. The van der Waals surface area contributed by atoms with Crippen LogP contribution < -0.4 is 9.64 Å². The average molecular weight is 288 g/mol. The van der Waals surface area contributed by atoms with Crippen LogP contribution in [-0.2, 0) is 19.5 Å². The Labute approximate surface area is 124 Å². The molecule has 0 fully saturated rings. The molecule has 21 heavy (non-hydrogen) atoms. The molecular formula is C15H20N4O2. The molecule has 0 amide bonds. The summed E-state index contributed by atoms with van der Waals surface area (Å²) in [6.45, 7) is 2.33. The molecule has 1 aromatic carbocycles. The highest BCUT2D eigenvalue weighted by Gasteiger charge is 2.21. The van der Waals surface area contributed by atoms with E-state index in [1.165, 1.54) is 11.1 Å². The van der Waals surface area contributed by atoms with Crippen molar-refractivity contribution in [3.8, 4) is 5.75 Å². The number of ether oxygens (including phenoxy) is 1. The van der Waals surface area contributed by atoms with Gasteiger partial charge in [-0.15, -0.1) is 5.10 Å². The molecule has 3 rings (SSSR count). The van der Waals surface area contributed by atoms with Crippen LogP contribution in [0.3, 0.4) is 0 Å². The normalized spacial score (nSPS) is 14.4. The van der Waals surface area contributed by atoms with Gasteiger partial charge in [-0.25, -0.2) is 0 Å². The van der Waals surface area contributed by atoms with Gasteiger partial charge in [0.05, 0.1) is 13.7 Å². The van der Waals surface area contributed by atoms with Crippen LogP contribution in [0.4, 0.5) is 6.01 Å². The number of benzene rings is 1. The SMILES string of the molecule is COc1ccc2c(c1)CCN(c1nnc(CN(C)C)o1)C2. The molecule has 6 heteroatoms. The summed E-state index contributed by atoms with van der Waals surface area (Å²) in [7, 11) is 5.66. The van der Waals surface area contributed by atoms with Crippen LogP contribution in [0.5, 0.6) is 5.75 Å². The topological polar surface area (TPSA) is 54.6 Å². The Morgan fingerprint density at radius 3 is 2.90 bits per heavy atom. The molecule has 0 N–H and O–H groups in total. The third kappa shape index (κ3) is 3.00. The van der Waals surface area contributed by atoms with Gasteiger partial charge in [-0.05, 0) is 43.8 Å². The zero-order valence-corrected chi connectivity index (χ0v) is 12.7. The second-order valence-corrected chi connectivity index (χ2v) is 5.52. The zero-order chi connectivity index (χ0) is 14.8. The standard InChI is InChI=1S/C15H20N4O2/c1-18(2)10-14-16-17-15(21-14)19-7-6-11-8-13(20-3)5-4-12(11)9-19/h4-5,8H,6-7,9-10H2,1-3H3. The number of methoxy groups -OCH3 is 1. The van der Waals surface area contributed by atoms with Crippen molar-refractivity contribution in [3.05, 3.63) is 35.2 Å². The minimum Gasteiger partial charge on any atom is -0.497 e. The lowest BCUT2D eigenvalue weighted by Gasteiger charge is -2.27. The number of anilines is 1. The van der Waals surface area contributed by atoms with Crippen molar-refractivity contribution in [2.24, 2.45) is 0 Å². The lowest BCUT2D eigenvalue weighted by Crippen LogP contribution is -2.30. The van der Waals surface area contributed by atoms with Crippen LogP contribution in [0, 0.1) is 0 Å². The van der Waals surface area contributed by atoms with Crippen LogP contribution in [0.15, 0.2) is 22.6 Å². The van der Waals surface area contributed by atoms with E-state index in [-0.39, 0.29) is 0 Å². The van der Waals surface area contributed by atoms with Gasteiger partial charge in [0.1, 0.15) is 5.75 Å². The first kappa shape index (κ1) is 13.9. The molecule has 0 saturated heterocycles. The molecule has 0 radical (unpaired) electrons. The van der Waals surface area contributed by atoms with Gasteiger partial charge in [0.2, 0.25) is 5.89 Å². The number of nitrogens with zero attached hydrogens (tertiary/aromatic N) is 4. The van der Waals surface area contributed by atoms with Crippen molar-refractivity contribution >= 4 is 6.01 Å². The van der Waals surface area contributed by atoms with Gasteiger partial charge in [0.15, 0.2) is 0 Å². The number of hydrogen-bond acceptors (Lipinski definition) is 6. The quantitative estimate of drug-likeness (QED) is 0.853. The van der Waals surface area contributed by atoms with Gasteiger partial charge >= 0.3 is 6.01 Å². The van der Waals surface area contributed by atoms with Gasteiger partial charge in [0, 0.05) is 13.1 Å². The highest BCUT2D eigenvalue weighted by atomic mass is 16.5. The molecule has 1 aromatic heterocycles. The first-order chi connectivity index (χ1) is 10.2. The Morgan fingerprint density at radius 2 is 2.14 bits per heavy atom. The Morgan fingerprint density at radius 1 is 1.29 bits per heavy atom. The molecule has 0 unspecified atom stereocenters. The molecule has 0 saturated carbocycles. The summed E-state index contributed by atoms with van der Waals surface area (Å²) in [6, 6.07) is 6.82. The van der Waals surface area contributed by atoms with Crippen molar-refractivity contribution in [2.75, 3.05) is 32.6 Å². The van der Waals surface area contributed by atoms with E-state index in [0.29, 0.717) is 18.5 Å². The Kier molecular flexibility index (Phi) is 3.79. The van der Waals surface area contributed by atoms with Gasteiger partial charge in [-0.1, -0.05) is 11.2 Å². The monoisotopic (exact) mass is 288 g/mol. The van der Waals surface area contributed by atoms with Gasteiger partial charge in [-0.3, -0.25) is 0 Å². The predicted octanol–water partition coefficient (Wildman–Crippen LogP) is 1.70. The molecule has 0 spiro atoms. The number of rotatable bonds is 4. The summed E-state index contributed by atoms with van der Waals surface area (Å²) in [4.78, 5) is 4.13. The van der Waals surface area contributed by atoms with E-state index in [2.05, 4.69) is 27.2 Å². The first-order valence-corrected chi connectivity index (χ1v) is 7.03. The molecule has 0 bridgehead atoms. The van der Waals surface area contributed by atoms with E-state index in [1.807, 2.05) is 25.1 Å². The lowest BCUT2D eigenvalue weighted by atomic mass is 10.00. The van der Waals surface area contributed by atoms with Crippen LogP contribution in [-0.4, -0.2) is 42.8 Å². The van der Waals surface area contributed by atoms with Crippen LogP contribution in [0.2, 0.25) is 0 Å². The summed E-state index contributed by atoms with van der Waals surface area (Å²) in [5.74, 6) is 1.56. The maximum Gasteiger partial charge on any atom is 0.318 e. The molecule has 0 aliphatic carbocycles. The van der Waals surface area contributed by atoms with E-state index in [1.54, 1.807) is 7.11 Å². The number of fused-ring (bicyclic) bond motifs is 1. The van der Waals surface area contributed by atoms with E-state index in [0.717, 1.165) is 25.3 Å². The number of hydrogen-bond donors (Lipinski definition) is 0. The second-order valence-electron chi connectivity index (χ2n) is 5.52. The van der Waals surface area contributed by atoms with Crippen LogP contribution in [0.25, 0.3) is 0 Å². The minimum atomic E-state index is 0.605. The van der Waals surface area contributed by atoms with Crippen molar-refractivity contribution in [2.45, 2.75) is 19.5 Å². The fourth-order valence-corrected chi connectivity index (χ4v) is 2.53. The average Bonchev–Trinajstić information content (AvgIpc) is 2.93. The highest BCUT2D eigenvalue weighted by Crippen LogP contribution is 2.26. The molecule has 1 aliphatic rings. The third-order valence-electron chi connectivity index (χ3n) is 3.60. The lowest BCUT2D eigenvalue weighted by molar-refractivity contribution is 0.341. The number of aromatic nitrogens is 2. The van der Waals surface area contributed by atoms with Crippen LogP contribution in [0.1, 0.15) is 17.0 Å². The van der Waals surface area contributed by atoms with Gasteiger partial charge in [0.25, 0.3) is 0 Å². The summed E-state index contributed by atoms with van der Waals surface area (Å²) in [6.07, 6.45) is 0.956. The smallest absolute Gasteiger partial charge is 0.318 e. The van der Waals surface area contributed by atoms with Crippen molar-refractivity contribution in [1.82, 2.24) is 15.1 Å². The Balaban J connectivity index is 1.75. The third-order valence-corrected chi connectivity index (χ3v) is 3.60. The van der Waals surface area contributed by atoms with E-state index < -0.39 is 0 Å². The Hall–Kier alpha value is -2.08. The van der Waals surface area contributed by atoms with Gasteiger partial charge < -0.3 is 19.0 Å². The fraction of sp³-hybridized carbons (Fsp3) is 0.467. The maximum absolute atomic E-state index is 5.73. The molecule has 0 atom stereocenters. The molecule has 2 aromatic rings. The van der Waals surface area contributed by atoms with E-state index >= 15 is 0 Å². The Bertz CT molecular complexity index is 624. The molecule has 2 heterocycles. The van der Waals surface area contributed by atoms with Crippen molar-refractivity contribution < 1.29 is 9.15 Å². The molecule has 112 valence electrons. The second kappa shape index (κ2) is 5.73. The molecule has 1 aliphatic heterocycles. The first-order valence-electron chi connectivity index (χ1n) is 7.03. The highest BCUT2D eigenvalue weighted by molar-refractivity contribution is 5.42. The molecular weight excluding hydrogens is 268 g/mol. The minimum absolute atomic E-state index is 0.605. The zero-order valence-electron chi connectivity index (χ0n) is 12.7. The van der Waals surface area contributed by atoms with E-state index in [9.17, 15) is 0 Å². The summed E-state index contributed by atoms with van der Waals surface area (Å²) < 4.78 is 11.0. The summed E-state index contributed by atoms with van der Waals surface area (Å²) >= 11 is 0. The van der Waals surface area contributed by atoms with Crippen molar-refractivity contribution in [1.29, 1.82) is 0 Å². The summed E-state index contributed by atoms with van der Waals surface area (Å²) in [5.41, 5.74) is 2.62. The largest absolute Gasteiger partial charge is 0.497 e. The van der Waals surface area contributed by atoms with Gasteiger partial charge in [-0.2, -0.15) is 0 Å². The molecule has 6 nitrogen and oxygen atoms in total. The predicted molar refractivity (Wildman–Crippen MR) is 79.4 cm³/mol. The van der Waals surface area contributed by atoms with Crippen molar-refractivity contribution in [3.63, 3.8) is 0 Å². The van der Waals surface area contributed by atoms with Crippen LogP contribution >= 0.6 is 0 Å². The maximum atomic E-state index is 5.73. The van der Waals surface area contributed by atoms with E-state index in [4.69, 9.17) is 9.15 Å². The summed E-state index contributed by atoms with van der Waals surface area (Å²) in [5, 5.41) is 8.25.